The number of nitrogens with zero attached hydrogens (tertiary/aromatic N) is 2. The van der Waals surface area contributed by atoms with Crippen molar-refractivity contribution in [3.63, 3.8) is 0 Å². The molecule has 0 radical (unpaired) electrons. The summed E-state index contributed by atoms with van der Waals surface area (Å²) in [5.74, 6) is -4.78. The summed E-state index contributed by atoms with van der Waals surface area (Å²) in [6.45, 7) is 7.35. The van der Waals surface area contributed by atoms with Crippen LogP contribution in [0.3, 0.4) is 0 Å². The molecule has 0 fully saturated rings. The van der Waals surface area contributed by atoms with Crippen molar-refractivity contribution in [3.8, 4) is 5.88 Å². The number of benzene rings is 1. The summed E-state index contributed by atoms with van der Waals surface area (Å²) in [6, 6.07) is 8.24. The topological polar surface area (TPSA) is 123 Å². The number of esters is 1. The molecule has 2 aromatic rings. The monoisotopic (exact) mass is 552 g/mol. The van der Waals surface area contributed by atoms with Crippen LogP contribution in [0.25, 0.3) is 0 Å². The first-order valence-corrected chi connectivity index (χ1v) is 12.5. The Kier molecular flexibility index (Phi) is 10.4. The number of hydrogen-bond donors (Lipinski definition) is 2. The van der Waals surface area contributed by atoms with Crippen molar-refractivity contribution in [3.05, 3.63) is 47.7 Å². The fraction of sp³-hybridized carbons (Fsp3) is 0.556. The Morgan fingerprint density at radius 2 is 1.82 bits per heavy atom. The van der Waals surface area contributed by atoms with Gasteiger partial charge in [-0.1, -0.05) is 31.2 Å². The molecule has 39 heavy (non-hydrogen) atoms. The molecule has 0 aliphatic heterocycles. The van der Waals surface area contributed by atoms with Gasteiger partial charge in [-0.3, -0.25) is 20.1 Å². The Morgan fingerprint density at radius 1 is 1.13 bits per heavy atom. The molecule has 2 amide bonds. The van der Waals surface area contributed by atoms with Gasteiger partial charge in [-0.05, 0) is 51.7 Å². The van der Waals surface area contributed by atoms with Crippen molar-refractivity contribution >= 4 is 18.0 Å². The van der Waals surface area contributed by atoms with Crippen LogP contribution in [0, 0.1) is 5.92 Å². The van der Waals surface area contributed by atoms with Crippen LogP contribution in [-0.4, -0.2) is 65.5 Å². The number of carbonyl (C=O) groups excluding carboxylic acids is 3. The number of rotatable bonds is 11. The van der Waals surface area contributed by atoms with E-state index in [9.17, 15) is 23.2 Å². The fourth-order valence-electron chi connectivity index (χ4n) is 3.73. The third-order valence-electron chi connectivity index (χ3n) is 6.04. The molecule has 2 atom stereocenters. The van der Waals surface area contributed by atoms with Gasteiger partial charge in [0.25, 0.3) is 5.92 Å². The third-order valence-corrected chi connectivity index (χ3v) is 6.04. The summed E-state index contributed by atoms with van der Waals surface area (Å²) in [7, 11) is 2.61. The zero-order chi connectivity index (χ0) is 29.4. The molecule has 0 spiro atoms. The quantitative estimate of drug-likeness (QED) is 0.313. The Bertz CT molecular complexity index is 1120. The molecule has 2 rings (SSSR count). The first-order chi connectivity index (χ1) is 18.1. The molecule has 0 bridgehead atoms. The number of methoxy groups -OCH3 is 1. The number of alkyl halides is 2. The molecule has 1 heterocycles. The number of hydrogen-bond acceptors (Lipinski definition) is 7. The van der Waals surface area contributed by atoms with Gasteiger partial charge in [-0.2, -0.15) is 0 Å². The maximum absolute atomic E-state index is 14.9. The van der Waals surface area contributed by atoms with E-state index in [0.717, 1.165) is 10.6 Å². The second kappa shape index (κ2) is 12.9. The summed E-state index contributed by atoms with van der Waals surface area (Å²) in [5, 5.41) is 7.07. The summed E-state index contributed by atoms with van der Waals surface area (Å²) in [6.07, 6.45) is -0.0151. The van der Waals surface area contributed by atoms with Gasteiger partial charge in [0.1, 0.15) is 5.60 Å². The lowest BCUT2D eigenvalue weighted by Crippen LogP contribution is -2.52. The van der Waals surface area contributed by atoms with Crippen LogP contribution in [0.4, 0.5) is 13.6 Å². The van der Waals surface area contributed by atoms with E-state index in [1.54, 1.807) is 52.0 Å². The Morgan fingerprint density at radius 3 is 2.41 bits per heavy atom. The van der Waals surface area contributed by atoms with Crippen molar-refractivity contribution in [2.75, 3.05) is 20.8 Å². The number of halogens is 2. The maximum Gasteiger partial charge on any atom is 0.428 e. The first-order valence-electron chi connectivity index (χ1n) is 12.5. The predicted octanol–water partition coefficient (Wildman–Crippen LogP) is 4.41. The minimum Gasteiger partial charge on any atom is -0.470 e. The highest BCUT2D eigenvalue weighted by atomic mass is 19.3. The van der Waals surface area contributed by atoms with Crippen molar-refractivity contribution in [1.82, 2.24) is 20.6 Å². The smallest absolute Gasteiger partial charge is 0.428 e. The Labute approximate surface area is 227 Å². The largest absolute Gasteiger partial charge is 0.470 e. The Hall–Kier alpha value is -3.70. The molecule has 1 unspecified atom stereocenters. The number of hydrazine groups is 1. The summed E-state index contributed by atoms with van der Waals surface area (Å²) in [5.41, 5.74) is 1.34. The van der Waals surface area contributed by atoms with Gasteiger partial charge in [0.05, 0.1) is 18.4 Å². The van der Waals surface area contributed by atoms with Crippen LogP contribution in [0.5, 0.6) is 5.88 Å². The van der Waals surface area contributed by atoms with Crippen molar-refractivity contribution in [1.29, 1.82) is 0 Å². The average molecular weight is 553 g/mol. The van der Waals surface area contributed by atoms with Crippen LogP contribution in [-0.2, 0) is 30.9 Å². The van der Waals surface area contributed by atoms with Crippen LogP contribution in [0.1, 0.15) is 58.6 Å². The molecular formula is C27H38F2N4O6. The van der Waals surface area contributed by atoms with E-state index >= 15 is 0 Å². The van der Waals surface area contributed by atoms with Gasteiger partial charge in [-0.25, -0.2) is 18.6 Å². The lowest BCUT2D eigenvalue weighted by Gasteiger charge is -2.33. The van der Waals surface area contributed by atoms with Crippen LogP contribution in [0.2, 0.25) is 0 Å². The number of H-pyrrole nitrogens is 1. The molecule has 2 N–H and O–H groups in total. The van der Waals surface area contributed by atoms with Crippen LogP contribution < -0.4 is 10.2 Å². The van der Waals surface area contributed by atoms with Gasteiger partial charge in [0, 0.05) is 25.7 Å². The molecule has 1 aromatic carbocycles. The summed E-state index contributed by atoms with van der Waals surface area (Å²) >= 11 is 0. The third kappa shape index (κ3) is 9.52. The van der Waals surface area contributed by atoms with E-state index in [0.29, 0.717) is 12.0 Å². The zero-order valence-electron chi connectivity index (χ0n) is 23.5. The number of amides is 2. The average Bonchev–Trinajstić information content (AvgIpc) is 3.38. The predicted molar refractivity (Wildman–Crippen MR) is 139 cm³/mol. The van der Waals surface area contributed by atoms with Crippen molar-refractivity contribution in [2.24, 2.45) is 5.92 Å². The molecule has 0 aliphatic rings. The molecule has 12 heteroatoms. The standard InChI is InChI=1S/C27H38F2N4O6/c1-18(22(34)37-7)15-19-9-8-10-20(16-19)26(5,23(35)32-33(6)24(36)39-25(2,3)4)12-13-27(28,29)17-38-21-11-14-30-31-21/h8-11,14,16,18H,12-13,15,17H2,1-7H3,(H,30,31)(H,32,35)/t18-,26?/m1/s1. The lowest BCUT2D eigenvalue weighted by molar-refractivity contribution is -0.144. The van der Waals surface area contributed by atoms with Crippen molar-refractivity contribution < 1.29 is 37.4 Å². The van der Waals surface area contributed by atoms with E-state index in [1.807, 2.05) is 0 Å². The molecule has 10 nitrogen and oxygen atoms in total. The number of aromatic nitrogens is 2. The lowest BCUT2D eigenvalue weighted by atomic mass is 9.76. The van der Waals surface area contributed by atoms with E-state index < -0.39 is 53.9 Å². The normalized spacial score (nSPS) is 14.1. The van der Waals surface area contributed by atoms with Crippen LogP contribution >= 0.6 is 0 Å². The van der Waals surface area contributed by atoms with E-state index in [2.05, 4.69) is 15.6 Å². The molecule has 0 aliphatic carbocycles. The highest BCUT2D eigenvalue weighted by Crippen LogP contribution is 2.35. The van der Waals surface area contributed by atoms with Gasteiger partial charge in [-0.15, -0.1) is 5.10 Å². The van der Waals surface area contributed by atoms with Gasteiger partial charge in [0.15, 0.2) is 6.61 Å². The second-order valence-electron chi connectivity index (χ2n) is 10.7. The summed E-state index contributed by atoms with van der Waals surface area (Å²) < 4.78 is 44.8. The Balaban J connectivity index is 2.31. The highest BCUT2D eigenvalue weighted by Gasteiger charge is 2.41. The van der Waals surface area contributed by atoms with E-state index in [4.69, 9.17) is 14.2 Å². The number of ether oxygens (including phenoxy) is 3. The molecule has 0 saturated heterocycles. The molecule has 0 saturated carbocycles. The van der Waals surface area contributed by atoms with Crippen LogP contribution in [0.15, 0.2) is 36.5 Å². The SMILES string of the molecule is COC(=O)[C@H](C)Cc1cccc(C(C)(CCC(F)(F)COc2cc[nH]n2)C(=O)NN(C)C(=O)OC(C)(C)C)c1. The second-order valence-corrected chi connectivity index (χ2v) is 10.7. The fourth-order valence-corrected chi connectivity index (χ4v) is 3.73. The van der Waals surface area contributed by atoms with Gasteiger partial charge < -0.3 is 14.2 Å². The highest BCUT2D eigenvalue weighted by molar-refractivity contribution is 5.89. The number of aromatic amines is 1. The minimum absolute atomic E-state index is 0.0293. The number of nitrogens with one attached hydrogen (secondary N) is 2. The van der Waals surface area contributed by atoms with Gasteiger partial charge >= 0.3 is 12.1 Å². The van der Waals surface area contributed by atoms with E-state index in [1.165, 1.54) is 33.3 Å². The molecule has 1 aromatic heterocycles. The van der Waals surface area contributed by atoms with Gasteiger partial charge in [0.2, 0.25) is 11.8 Å². The molecular weight excluding hydrogens is 514 g/mol. The minimum atomic E-state index is -3.28. The summed E-state index contributed by atoms with van der Waals surface area (Å²) in [4.78, 5) is 37.9. The first kappa shape index (κ1) is 31.5. The zero-order valence-corrected chi connectivity index (χ0v) is 23.5. The molecule has 216 valence electrons. The number of carbonyl (C=O) groups is 3. The van der Waals surface area contributed by atoms with Crippen molar-refractivity contribution in [2.45, 2.75) is 70.8 Å². The van der Waals surface area contributed by atoms with E-state index in [-0.39, 0.29) is 12.3 Å². The maximum atomic E-state index is 14.9.